The Bertz CT molecular complexity index is 1060. The van der Waals surface area contributed by atoms with E-state index < -0.39 is 6.10 Å². The van der Waals surface area contributed by atoms with Gasteiger partial charge in [0.15, 0.2) is 6.10 Å². The van der Waals surface area contributed by atoms with Crippen LogP contribution in [0, 0.1) is 5.92 Å². The number of hydrogen-bond acceptors (Lipinski definition) is 6. The van der Waals surface area contributed by atoms with Crippen molar-refractivity contribution < 1.29 is 28.6 Å². The zero-order chi connectivity index (χ0) is 50.9. The Balaban J connectivity index is 4.28. The second-order valence-corrected chi connectivity index (χ2v) is 22.3. The van der Waals surface area contributed by atoms with E-state index in [1.807, 2.05) is 0 Å². The second-order valence-electron chi connectivity index (χ2n) is 22.3. The first-order chi connectivity index (χ1) is 34.4. The van der Waals surface area contributed by atoms with Gasteiger partial charge in [0, 0.05) is 19.3 Å². The summed E-state index contributed by atoms with van der Waals surface area (Å²) in [5, 5.41) is 0. The van der Waals surface area contributed by atoms with Crippen LogP contribution in [0.25, 0.3) is 0 Å². The topological polar surface area (TPSA) is 78.9 Å². The minimum absolute atomic E-state index is 0.0612. The Morgan fingerprint density at radius 2 is 0.500 bits per heavy atom. The third-order valence-corrected chi connectivity index (χ3v) is 15.2. The smallest absolute Gasteiger partial charge is 0.306 e. The van der Waals surface area contributed by atoms with Crippen LogP contribution in [0.2, 0.25) is 0 Å². The summed E-state index contributed by atoms with van der Waals surface area (Å²) in [4.78, 5) is 38.3. The maximum absolute atomic E-state index is 12.9. The molecule has 0 rings (SSSR count). The molecule has 0 saturated heterocycles. The number of rotatable bonds is 59. The molecule has 1 unspecified atom stereocenters. The standard InChI is InChI=1S/C64H124O6/c1-5-8-10-12-14-16-18-20-22-23-24-25-27-32-36-40-44-48-52-56-63(66)69-59-61(58-68-62(65)55-51-47-43-39-35-31-26-21-19-17-15-13-11-9-6-2)70-64(67)57-53-49-45-41-37-33-29-28-30-34-38-42-46-50-54-60(4)7-3/h60-61H,5-59H2,1-4H3/t60?,61-/m0/s1. The lowest BCUT2D eigenvalue weighted by Crippen LogP contribution is -2.30. The van der Waals surface area contributed by atoms with Gasteiger partial charge in [0.05, 0.1) is 0 Å². The molecule has 0 aromatic rings. The minimum atomic E-state index is -0.763. The lowest BCUT2D eigenvalue weighted by atomic mass is 9.99. The van der Waals surface area contributed by atoms with Crippen LogP contribution in [0.15, 0.2) is 0 Å². The van der Waals surface area contributed by atoms with Gasteiger partial charge in [0.2, 0.25) is 0 Å². The fraction of sp³-hybridized carbons (Fsp3) is 0.953. The van der Waals surface area contributed by atoms with Gasteiger partial charge >= 0.3 is 17.9 Å². The molecule has 70 heavy (non-hydrogen) atoms. The van der Waals surface area contributed by atoms with Gasteiger partial charge in [-0.1, -0.05) is 329 Å². The lowest BCUT2D eigenvalue weighted by Gasteiger charge is -2.18. The van der Waals surface area contributed by atoms with E-state index in [4.69, 9.17) is 14.2 Å². The summed E-state index contributed by atoms with van der Waals surface area (Å²) in [6, 6.07) is 0. The van der Waals surface area contributed by atoms with Crippen LogP contribution in [0.3, 0.4) is 0 Å². The highest BCUT2D eigenvalue weighted by molar-refractivity contribution is 5.71. The summed E-state index contributed by atoms with van der Waals surface area (Å²) in [6.07, 6.45) is 65.2. The number of carbonyl (C=O) groups is 3. The van der Waals surface area contributed by atoms with Crippen LogP contribution in [0.4, 0.5) is 0 Å². The number of carbonyl (C=O) groups excluding carboxylic acids is 3. The zero-order valence-corrected chi connectivity index (χ0v) is 48.0. The van der Waals surface area contributed by atoms with Crippen molar-refractivity contribution in [2.75, 3.05) is 13.2 Å². The average Bonchev–Trinajstić information content (AvgIpc) is 3.36. The molecule has 0 saturated carbocycles. The molecule has 0 aromatic heterocycles. The van der Waals surface area contributed by atoms with Crippen LogP contribution in [0.5, 0.6) is 0 Å². The average molecular weight is 990 g/mol. The molecule has 0 radical (unpaired) electrons. The summed E-state index contributed by atoms with van der Waals surface area (Å²) in [5.41, 5.74) is 0. The quantitative estimate of drug-likeness (QED) is 0.0343. The van der Waals surface area contributed by atoms with Crippen molar-refractivity contribution in [1.82, 2.24) is 0 Å². The molecule has 2 atom stereocenters. The zero-order valence-electron chi connectivity index (χ0n) is 48.0. The van der Waals surface area contributed by atoms with Crippen LogP contribution < -0.4 is 0 Å². The first-order valence-corrected chi connectivity index (χ1v) is 31.9. The Kier molecular flexibility index (Phi) is 57.0. The van der Waals surface area contributed by atoms with Crippen LogP contribution in [-0.4, -0.2) is 37.2 Å². The molecule has 0 aromatic carbocycles. The van der Waals surface area contributed by atoms with Gasteiger partial charge in [0.1, 0.15) is 13.2 Å². The van der Waals surface area contributed by atoms with Gasteiger partial charge in [-0.15, -0.1) is 0 Å². The third kappa shape index (κ3) is 55.7. The molecule has 0 aliphatic rings. The fourth-order valence-corrected chi connectivity index (χ4v) is 9.95. The van der Waals surface area contributed by atoms with Crippen molar-refractivity contribution in [2.24, 2.45) is 5.92 Å². The lowest BCUT2D eigenvalue weighted by molar-refractivity contribution is -0.167. The summed E-state index contributed by atoms with van der Waals surface area (Å²) >= 11 is 0. The van der Waals surface area contributed by atoms with Gasteiger partial charge in [0.25, 0.3) is 0 Å². The highest BCUT2D eigenvalue weighted by Gasteiger charge is 2.19. The predicted molar refractivity (Wildman–Crippen MR) is 303 cm³/mol. The molecule has 0 spiro atoms. The predicted octanol–water partition coefficient (Wildman–Crippen LogP) is 21.4. The highest BCUT2D eigenvalue weighted by atomic mass is 16.6. The molecule has 0 heterocycles. The van der Waals surface area contributed by atoms with E-state index in [-0.39, 0.29) is 31.1 Å². The van der Waals surface area contributed by atoms with Gasteiger partial charge in [-0.25, -0.2) is 0 Å². The maximum Gasteiger partial charge on any atom is 0.306 e. The third-order valence-electron chi connectivity index (χ3n) is 15.2. The molecule has 0 aliphatic heterocycles. The largest absolute Gasteiger partial charge is 0.462 e. The summed E-state index contributed by atoms with van der Waals surface area (Å²) in [6.45, 7) is 9.12. The Morgan fingerprint density at radius 1 is 0.286 bits per heavy atom. The van der Waals surface area contributed by atoms with Crippen molar-refractivity contribution in [3.63, 3.8) is 0 Å². The summed E-state index contributed by atoms with van der Waals surface area (Å²) in [5.74, 6) is 0.0667. The fourth-order valence-electron chi connectivity index (χ4n) is 9.95. The Hall–Kier alpha value is -1.59. The molecule has 0 aliphatic carbocycles. The molecule has 6 heteroatoms. The van der Waals surface area contributed by atoms with Gasteiger partial charge < -0.3 is 14.2 Å². The molecular formula is C64H124O6. The van der Waals surface area contributed by atoms with Crippen LogP contribution >= 0.6 is 0 Å². The van der Waals surface area contributed by atoms with E-state index in [1.165, 1.54) is 263 Å². The van der Waals surface area contributed by atoms with Gasteiger partial charge in [-0.05, 0) is 25.2 Å². The SMILES string of the molecule is CCCCCCCCCCCCCCCCCCCCCC(=O)OC[C@H](COC(=O)CCCCCCCCCCCCCCCCC)OC(=O)CCCCCCCCCCCCCCCCC(C)CC. The Morgan fingerprint density at radius 3 is 0.743 bits per heavy atom. The van der Waals surface area contributed by atoms with E-state index in [2.05, 4.69) is 27.7 Å². The number of ether oxygens (including phenoxy) is 3. The molecule has 6 nitrogen and oxygen atoms in total. The van der Waals surface area contributed by atoms with Crippen molar-refractivity contribution >= 4 is 17.9 Å². The molecule has 416 valence electrons. The molecule has 0 bridgehead atoms. The summed E-state index contributed by atoms with van der Waals surface area (Å²) < 4.78 is 17.0. The summed E-state index contributed by atoms with van der Waals surface area (Å²) in [7, 11) is 0. The van der Waals surface area contributed by atoms with E-state index in [0.717, 1.165) is 63.7 Å². The highest BCUT2D eigenvalue weighted by Crippen LogP contribution is 2.19. The van der Waals surface area contributed by atoms with E-state index in [0.29, 0.717) is 19.3 Å². The van der Waals surface area contributed by atoms with Crippen molar-refractivity contribution in [1.29, 1.82) is 0 Å². The van der Waals surface area contributed by atoms with Crippen molar-refractivity contribution in [3.05, 3.63) is 0 Å². The van der Waals surface area contributed by atoms with Crippen molar-refractivity contribution in [2.45, 2.75) is 374 Å². The van der Waals surface area contributed by atoms with E-state index in [1.54, 1.807) is 0 Å². The van der Waals surface area contributed by atoms with Crippen LogP contribution in [-0.2, 0) is 28.6 Å². The van der Waals surface area contributed by atoms with Crippen LogP contribution in [0.1, 0.15) is 368 Å². The first kappa shape index (κ1) is 68.4. The van der Waals surface area contributed by atoms with E-state index in [9.17, 15) is 14.4 Å². The van der Waals surface area contributed by atoms with Gasteiger partial charge in [-0.3, -0.25) is 14.4 Å². The number of unbranched alkanes of at least 4 members (excludes halogenated alkanes) is 45. The van der Waals surface area contributed by atoms with E-state index >= 15 is 0 Å². The molecule has 0 N–H and O–H groups in total. The first-order valence-electron chi connectivity index (χ1n) is 31.9. The normalized spacial score (nSPS) is 12.3. The monoisotopic (exact) mass is 989 g/mol. The van der Waals surface area contributed by atoms with Gasteiger partial charge in [-0.2, -0.15) is 0 Å². The maximum atomic E-state index is 12.9. The number of esters is 3. The number of hydrogen-bond donors (Lipinski definition) is 0. The molecular weight excluding hydrogens is 865 g/mol. The Labute approximate surface area is 438 Å². The van der Waals surface area contributed by atoms with Crippen molar-refractivity contribution in [3.8, 4) is 0 Å². The second kappa shape index (κ2) is 58.3. The molecule has 0 amide bonds. The molecule has 0 fully saturated rings. The minimum Gasteiger partial charge on any atom is -0.462 e.